The second-order valence-corrected chi connectivity index (χ2v) is 5.49. The molecule has 0 bridgehead atoms. The van der Waals surface area contributed by atoms with Gasteiger partial charge < -0.3 is 14.4 Å². The van der Waals surface area contributed by atoms with Gasteiger partial charge in [-0.3, -0.25) is 4.98 Å². The Balaban J connectivity index is 1.73. The number of rotatable bonds is 5. The van der Waals surface area contributed by atoms with Crippen molar-refractivity contribution in [3.63, 3.8) is 0 Å². The van der Waals surface area contributed by atoms with Crippen molar-refractivity contribution in [3.05, 3.63) is 64.9 Å². The van der Waals surface area contributed by atoms with Crippen LogP contribution in [0.15, 0.2) is 41.2 Å². The lowest BCUT2D eigenvalue weighted by Gasteiger charge is -2.07. The number of nitrogens with zero attached hydrogens (tertiary/aromatic N) is 3. The first-order valence-electron chi connectivity index (χ1n) is 7.36. The van der Waals surface area contributed by atoms with E-state index in [4.69, 9.17) is 4.52 Å². The minimum Gasteiger partial charge on any atom is -0.360 e. The Hall–Kier alpha value is -2.40. The van der Waals surface area contributed by atoms with Gasteiger partial charge in [0, 0.05) is 42.9 Å². The molecule has 3 rings (SSSR count). The summed E-state index contributed by atoms with van der Waals surface area (Å²) < 4.78 is 7.31. The number of hydrogen-bond acceptors (Lipinski definition) is 4. The van der Waals surface area contributed by atoms with Gasteiger partial charge in [0.05, 0.1) is 0 Å². The fourth-order valence-corrected chi connectivity index (χ4v) is 2.66. The first-order chi connectivity index (χ1) is 10.6. The van der Waals surface area contributed by atoms with E-state index in [1.807, 2.05) is 25.3 Å². The summed E-state index contributed by atoms with van der Waals surface area (Å²) >= 11 is 0. The van der Waals surface area contributed by atoms with Gasteiger partial charge in [-0.25, -0.2) is 0 Å². The Kier molecular flexibility index (Phi) is 4.06. The highest BCUT2D eigenvalue weighted by Gasteiger charge is 2.13. The summed E-state index contributed by atoms with van der Waals surface area (Å²) in [5.74, 6) is 1.66. The van der Waals surface area contributed by atoms with E-state index in [9.17, 15) is 0 Å². The smallest absolute Gasteiger partial charge is 0.180 e. The topological polar surface area (TPSA) is 55.9 Å². The van der Waals surface area contributed by atoms with Gasteiger partial charge >= 0.3 is 0 Å². The fraction of sp³-hybridized carbons (Fsp3) is 0.294. The molecule has 0 aliphatic rings. The van der Waals surface area contributed by atoms with Gasteiger partial charge in [0.1, 0.15) is 5.76 Å². The number of nitrogens with one attached hydrogen (secondary N) is 1. The van der Waals surface area contributed by atoms with E-state index in [-0.39, 0.29) is 0 Å². The normalized spacial score (nSPS) is 11.0. The summed E-state index contributed by atoms with van der Waals surface area (Å²) in [4.78, 5) is 4.13. The van der Waals surface area contributed by atoms with Gasteiger partial charge in [-0.2, -0.15) is 0 Å². The third kappa shape index (κ3) is 2.94. The molecule has 0 amide bonds. The SMILES string of the molecule is Cc1cc(-n2c(C)cc(CNCc3cccnc3)c2C)no1. The van der Waals surface area contributed by atoms with E-state index >= 15 is 0 Å². The van der Waals surface area contributed by atoms with Crippen molar-refractivity contribution in [2.45, 2.75) is 33.9 Å². The monoisotopic (exact) mass is 296 g/mol. The quantitative estimate of drug-likeness (QED) is 0.786. The Morgan fingerprint density at radius 2 is 2.05 bits per heavy atom. The highest BCUT2D eigenvalue weighted by Crippen LogP contribution is 2.20. The van der Waals surface area contributed by atoms with Crippen LogP contribution in [0.5, 0.6) is 0 Å². The van der Waals surface area contributed by atoms with E-state index in [0.29, 0.717) is 0 Å². The number of hydrogen-bond donors (Lipinski definition) is 1. The molecule has 22 heavy (non-hydrogen) atoms. The van der Waals surface area contributed by atoms with Crippen LogP contribution in [0, 0.1) is 20.8 Å². The van der Waals surface area contributed by atoms with Crippen molar-refractivity contribution in [2.24, 2.45) is 0 Å². The van der Waals surface area contributed by atoms with Crippen molar-refractivity contribution in [2.75, 3.05) is 0 Å². The minimum atomic E-state index is 0.806. The molecule has 3 aromatic heterocycles. The molecule has 1 N–H and O–H groups in total. The predicted octanol–water partition coefficient (Wildman–Crippen LogP) is 3.08. The van der Waals surface area contributed by atoms with Crippen LogP contribution < -0.4 is 5.32 Å². The van der Waals surface area contributed by atoms with Crippen LogP contribution in [0.3, 0.4) is 0 Å². The Morgan fingerprint density at radius 1 is 1.18 bits per heavy atom. The zero-order valence-electron chi connectivity index (χ0n) is 13.1. The van der Waals surface area contributed by atoms with Crippen LogP contribution in [-0.2, 0) is 13.1 Å². The van der Waals surface area contributed by atoms with E-state index in [2.05, 4.69) is 46.0 Å². The van der Waals surface area contributed by atoms with Crippen LogP contribution in [0.1, 0.15) is 28.3 Å². The van der Waals surface area contributed by atoms with Crippen molar-refractivity contribution in [1.29, 1.82) is 0 Å². The summed E-state index contributed by atoms with van der Waals surface area (Å²) in [6.07, 6.45) is 3.67. The molecule has 0 atom stereocenters. The summed E-state index contributed by atoms with van der Waals surface area (Å²) in [6.45, 7) is 7.72. The zero-order valence-corrected chi connectivity index (χ0v) is 13.1. The van der Waals surface area contributed by atoms with Gasteiger partial charge in [-0.1, -0.05) is 11.2 Å². The Morgan fingerprint density at radius 3 is 2.73 bits per heavy atom. The fourth-order valence-electron chi connectivity index (χ4n) is 2.66. The molecule has 3 aromatic rings. The van der Waals surface area contributed by atoms with E-state index in [1.54, 1.807) is 6.20 Å². The molecule has 114 valence electrons. The lowest BCUT2D eigenvalue weighted by molar-refractivity contribution is 0.394. The molecule has 0 unspecified atom stereocenters. The minimum absolute atomic E-state index is 0.806. The molecule has 0 spiro atoms. The van der Waals surface area contributed by atoms with Gasteiger partial charge in [0.15, 0.2) is 5.82 Å². The van der Waals surface area contributed by atoms with Crippen LogP contribution >= 0.6 is 0 Å². The molecule has 0 radical (unpaired) electrons. The zero-order chi connectivity index (χ0) is 15.5. The lowest BCUT2D eigenvalue weighted by Crippen LogP contribution is -2.13. The molecule has 0 saturated carbocycles. The molecule has 0 aliphatic carbocycles. The first kappa shape index (κ1) is 14.5. The van der Waals surface area contributed by atoms with Crippen molar-refractivity contribution in [1.82, 2.24) is 20.0 Å². The van der Waals surface area contributed by atoms with Crippen molar-refractivity contribution in [3.8, 4) is 5.82 Å². The lowest BCUT2D eigenvalue weighted by atomic mass is 10.2. The van der Waals surface area contributed by atoms with Crippen molar-refractivity contribution < 1.29 is 4.52 Å². The maximum atomic E-state index is 5.18. The van der Waals surface area contributed by atoms with Gasteiger partial charge in [0.2, 0.25) is 0 Å². The molecule has 5 nitrogen and oxygen atoms in total. The van der Waals surface area contributed by atoms with Gasteiger partial charge in [-0.15, -0.1) is 0 Å². The standard InChI is InChI=1S/C17H20N4O/c1-12-7-16(11-19-10-15-5-4-6-18-9-15)14(3)21(12)17-8-13(2)22-20-17/h4-9,19H,10-11H2,1-3H3. The van der Waals surface area contributed by atoms with Crippen LogP contribution in [-0.4, -0.2) is 14.7 Å². The van der Waals surface area contributed by atoms with Gasteiger partial charge in [-0.05, 0) is 44.0 Å². The highest BCUT2D eigenvalue weighted by molar-refractivity contribution is 5.36. The van der Waals surface area contributed by atoms with E-state index < -0.39 is 0 Å². The predicted molar refractivity (Wildman–Crippen MR) is 84.8 cm³/mol. The molecule has 0 fully saturated rings. The summed E-state index contributed by atoms with van der Waals surface area (Å²) in [5, 5.41) is 7.57. The third-order valence-corrected chi connectivity index (χ3v) is 3.75. The first-order valence-corrected chi connectivity index (χ1v) is 7.36. The van der Waals surface area contributed by atoms with Crippen LogP contribution in [0.2, 0.25) is 0 Å². The molecule has 3 heterocycles. The largest absolute Gasteiger partial charge is 0.360 e. The maximum absolute atomic E-state index is 5.18. The molecular formula is C17H20N4O. The molecule has 5 heteroatoms. The second kappa shape index (κ2) is 6.15. The molecule has 0 aliphatic heterocycles. The van der Waals surface area contributed by atoms with Crippen LogP contribution in [0.4, 0.5) is 0 Å². The molecule has 0 aromatic carbocycles. The number of aromatic nitrogens is 3. The third-order valence-electron chi connectivity index (χ3n) is 3.75. The highest BCUT2D eigenvalue weighted by atomic mass is 16.5. The van der Waals surface area contributed by atoms with E-state index in [0.717, 1.165) is 30.4 Å². The molecule has 0 saturated heterocycles. The average molecular weight is 296 g/mol. The number of pyridine rings is 1. The second-order valence-electron chi connectivity index (χ2n) is 5.49. The van der Waals surface area contributed by atoms with Gasteiger partial charge in [0.25, 0.3) is 0 Å². The Labute approximate surface area is 130 Å². The summed E-state index contributed by atoms with van der Waals surface area (Å²) in [7, 11) is 0. The summed E-state index contributed by atoms with van der Waals surface area (Å²) in [6, 6.07) is 8.17. The Bertz CT molecular complexity index is 758. The van der Waals surface area contributed by atoms with Crippen molar-refractivity contribution >= 4 is 0 Å². The molecular weight excluding hydrogens is 276 g/mol. The number of aryl methyl sites for hydroxylation is 2. The maximum Gasteiger partial charge on any atom is 0.180 e. The summed E-state index contributed by atoms with van der Waals surface area (Å²) in [5.41, 5.74) is 4.79. The van der Waals surface area contributed by atoms with E-state index in [1.165, 1.54) is 16.8 Å². The average Bonchev–Trinajstić information content (AvgIpc) is 3.04. The van der Waals surface area contributed by atoms with Crippen LogP contribution in [0.25, 0.3) is 5.82 Å².